The largest absolute Gasteiger partial charge is 0.355 e. The van der Waals surface area contributed by atoms with Crippen LogP contribution in [0.15, 0.2) is 30.1 Å². The zero-order valence-corrected chi connectivity index (χ0v) is 7.31. The van der Waals surface area contributed by atoms with Crippen molar-refractivity contribution in [3.63, 3.8) is 0 Å². The van der Waals surface area contributed by atoms with E-state index >= 15 is 0 Å². The Morgan fingerprint density at radius 1 is 1.25 bits per heavy atom. The number of hydrogen-bond donors (Lipinski definition) is 1. The van der Waals surface area contributed by atoms with Crippen molar-refractivity contribution in [1.82, 2.24) is 0 Å². The molecule has 0 aliphatic carbocycles. The second-order valence-corrected chi connectivity index (χ2v) is 3.11. The summed E-state index contributed by atoms with van der Waals surface area (Å²) in [5.74, 6) is 0. The van der Waals surface area contributed by atoms with Crippen molar-refractivity contribution < 1.29 is 0 Å². The minimum Gasteiger partial charge on any atom is -0.355 e. The Kier molecular flexibility index (Phi) is 1.53. The molecule has 0 atom stereocenters. The molecule has 0 unspecified atom stereocenters. The summed E-state index contributed by atoms with van der Waals surface area (Å²) in [6, 6.07) is 6.39. The number of benzene rings is 1. The van der Waals surface area contributed by atoms with E-state index in [2.05, 4.69) is 43.1 Å². The average Bonchev–Trinajstić information content (AvgIpc) is 2.07. The van der Waals surface area contributed by atoms with Gasteiger partial charge < -0.3 is 5.32 Å². The lowest BCUT2D eigenvalue weighted by Crippen LogP contribution is -1.96. The Bertz CT molecular complexity index is 382. The molecule has 1 nitrogen and oxygen atoms in total. The monoisotopic (exact) mass is 157 g/mol. The number of anilines is 1. The second kappa shape index (κ2) is 2.54. The Labute approximate surface area is 72.4 Å². The first-order valence-corrected chi connectivity index (χ1v) is 4.07. The van der Waals surface area contributed by atoms with Crippen LogP contribution < -0.4 is 5.32 Å². The van der Waals surface area contributed by atoms with Gasteiger partial charge in [-0.25, -0.2) is 0 Å². The molecular formula is C11H11N. The highest BCUT2D eigenvalue weighted by Gasteiger charge is 2.05. The fraction of sp³-hybridized carbons (Fsp3) is 0.182. The van der Waals surface area contributed by atoms with Gasteiger partial charge in [-0.3, -0.25) is 0 Å². The topological polar surface area (TPSA) is 12.0 Å². The molecule has 12 heavy (non-hydrogen) atoms. The summed E-state index contributed by atoms with van der Waals surface area (Å²) in [7, 11) is 0. The van der Waals surface area contributed by atoms with E-state index in [0.717, 1.165) is 0 Å². The molecule has 1 heteroatoms. The van der Waals surface area contributed by atoms with Gasteiger partial charge in [0.15, 0.2) is 0 Å². The minimum atomic E-state index is 1.18. The first-order chi connectivity index (χ1) is 5.77. The summed E-state index contributed by atoms with van der Waals surface area (Å²) < 4.78 is 0. The predicted molar refractivity (Wildman–Crippen MR) is 52.0 cm³/mol. The van der Waals surface area contributed by atoms with E-state index in [1.54, 1.807) is 0 Å². The van der Waals surface area contributed by atoms with Crippen molar-refractivity contribution in [3.05, 3.63) is 41.3 Å². The number of nitrogens with one attached hydrogen (secondary N) is 1. The molecule has 0 aromatic heterocycles. The van der Waals surface area contributed by atoms with Crippen LogP contribution in [0.1, 0.15) is 18.1 Å². The van der Waals surface area contributed by atoms with E-state index in [1.807, 2.05) is 6.20 Å². The van der Waals surface area contributed by atoms with E-state index in [9.17, 15) is 0 Å². The van der Waals surface area contributed by atoms with E-state index in [-0.39, 0.29) is 0 Å². The van der Waals surface area contributed by atoms with Crippen molar-refractivity contribution in [2.75, 3.05) is 5.32 Å². The lowest BCUT2D eigenvalue weighted by Gasteiger charge is -2.12. The van der Waals surface area contributed by atoms with Crippen LogP contribution in [0.2, 0.25) is 0 Å². The summed E-state index contributed by atoms with van der Waals surface area (Å²) >= 11 is 0. The van der Waals surface area contributed by atoms with Gasteiger partial charge >= 0.3 is 0 Å². The van der Waals surface area contributed by atoms with Crippen molar-refractivity contribution in [2.24, 2.45) is 0 Å². The molecule has 0 fully saturated rings. The SMILES string of the molecule is CC1=C=CNc2ccc(C)cc21. The van der Waals surface area contributed by atoms with Gasteiger partial charge in [-0.1, -0.05) is 17.4 Å². The van der Waals surface area contributed by atoms with Crippen LogP contribution in [0.5, 0.6) is 0 Å². The van der Waals surface area contributed by atoms with Crippen LogP contribution in [0.4, 0.5) is 5.69 Å². The van der Waals surface area contributed by atoms with Gasteiger partial charge in [0.05, 0.1) is 0 Å². The molecule has 2 rings (SSSR count). The molecule has 0 amide bonds. The summed E-state index contributed by atoms with van der Waals surface area (Å²) in [6.45, 7) is 4.18. The van der Waals surface area contributed by atoms with Gasteiger partial charge in [0.1, 0.15) is 0 Å². The highest BCUT2D eigenvalue weighted by atomic mass is 14.8. The van der Waals surface area contributed by atoms with E-state index < -0.39 is 0 Å². The summed E-state index contributed by atoms with van der Waals surface area (Å²) in [5.41, 5.74) is 8.08. The zero-order chi connectivity index (χ0) is 8.55. The van der Waals surface area contributed by atoms with Crippen LogP contribution in [0.25, 0.3) is 5.57 Å². The fourth-order valence-corrected chi connectivity index (χ4v) is 1.39. The molecule has 1 aliphatic heterocycles. The van der Waals surface area contributed by atoms with Gasteiger partial charge in [-0.15, -0.1) is 0 Å². The van der Waals surface area contributed by atoms with E-state index in [1.165, 1.54) is 22.4 Å². The van der Waals surface area contributed by atoms with Gasteiger partial charge in [0, 0.05) is 23.0 Å². The molecular weight excluding hydrogens is 146 g/mol. The van der Waals surface area contributed by atoms with Gasteiger partial charge in [0.25, 0.3) is 0 Å². The molecule has 1 aromatic rings. The van der Waals surface area contributed by atoms with Crippen molar-refractivity contribution in [1.29, 1.82) is 0 Å². The van der Waals surface area contributed by atoms with Gasteiger partial charge in [-0.2, -0.15) is 0 Å². The predicted octanol–water partition coefficient (Wildman–Crippen LogP) is 2.94. The average molecular weight is 157 g/mol. The smallest absolute Gasteiger partial charge is 0.0467 e. The van der Waals surface area contributed by atoms with E-state index in [0.29, 0.717) is 0 Å². The standard InChI is InChI=1S/C11H11N/c1-8-3-4-11-10(7-8)9(2)5-6-12-11/h3-4,6-7,12H,1-2H3. The number of rotatable bonds is 0. The third-order valence-corrected chi connectivity index (χ3v) is 2.10. The highest BCUT2D eigenvalue weighted by molar-refractivity contribution is 5.78. The maximum absolute atomic E-state index is 3.16. The van der Waals surface area contributed by atoms with Crippen LogP contribution in [-0.4, -0.2) is 0 Å². The lowest BCUT2D eigenvalue weighted by atomic mass is 10.0. The first kappa shape index (κ1) is 7.20. The number of fused-ring (bicyclic) bond motifs is 1. The van der Waals surface area contributed by atoms with Crippen molar-refractivity contribution in [2.45, 2.75) is 13.8 Å². The number of allylic oxidation sites excluding steroid dienone is 1. The van der Waals surface area contributed by atoms with Crippen LogP contribution >= 0.6 is 0 Å². The molecule has 1 aliphatic rings. The molecule has 1 aromatic carbocycles. The molecule has 0 radical (unpaired) electrons. The summed E-state index contributed by atoms with van der Waals surface area (Å²) in [6.07, 6.45) is 1.85. The molecule has 0 saturated heterocycles. The second-order valence-electron chi connectivity index (χ2n) is 3.11. The lowest BCUT2D eigenvalue weighted by molar-refractivity contribution is 1.41. The zero-order valence-electron chi connectivity index (χ0n) is 7.31. The Morgan fingerprint density at radius 2 is 2.08 bits per heavy atom. The Balaban J connectivity index is 2.66. The summed E-state index contributed by atoms with van der Waals surface area (Å²) in [5, 5.41) is 3.16. The van der Waals surface area contributed by atoms with Gasteiger partial charge in [0.2, 0.25) is 0 Å². The molecule has 0 spiro atoms. The highest BCUT2D eigenvalue weighted by Crippen LogP contribution is 2.26. The third kappa shape index (κ3) is 1.05. The Hall–Kier alpha value is -1.46. The van der Waals surface area contributed by atoms with Crippen LogP contribution in [-0.2, 0) is 0 Å². The quantitative estimate of drug-likeness (QED) is 0.571. The maximum atomic E-state index is 3.16. The molecule has 0 bridgehead atoms. The molecule has 1 N–H and O–H groups in total. The molecule has 0 saturated carbocycles. The van der Waals surface area contributed by atoms with Gasteiger partial charge in [-0.05, 0) is 26.0 Å². The summed E-state index contributed by atoms with van der Waals surface area (Å²) in [4.78, 5) is 0. The number of hydrogen-bond acceptors (Lipinski definition) is 1. The van der Waals surface area contributed by atoms with Crippen LogP contribution in [0, 0.1) is 6.92 Å². The number of aryl methyl sites for hydroxylation is 1. The molecule has 1 heterocycles. The third-order valence-electron chi connectivity index (χ3n) is 2.10. The maximum Gasteiger partial charge on any atom is 0.0467 e. The fourth-order valence-electron chi connectivity index (χ4n) is 1.39. The Morgan fingerprint density at radius 3 is 2.92 bits per heavy atom. The minimum absolute atomic E-state index is 1.18. The first-order valence-electron chi connectivity index (χ1n) is 4.07. The van der Waals surface area contributed by atoms with E-state index in [4.69, 9.17) is 0 Å². The normalized spacial score (nSPS) is 13.3. The van der Waals surface area contributed by atoms with Crippen molar-refractivity contribution >= 4 is 11.3 Å². The van der Waals surface area contributed by atoms with Crippen molar-refractivity contribution in [3.8, 4) is 0 Å². The van der Waals surface area contributed by atoms with Crippen LogP contribution in [0.3, 0.4) is 0 Å². The molecule has 60 valence electrons.